The molecule has 0 aromatic carbocycles. The van der Waals surface area contributed by atoms with Crippen molar-refractivity contribution in [3.63, 3.8) is 0 Å². The molecule has 0 aliphatic heterocycles. The lowest BCUT2D eigenvalue weighted by Gasteiger charge is -2.31. The number of halogens is 2. The van der Waals surface area contributed by atoms with Gasteiger partial charge >= 0.3 is 0 Å². The average molecular weight is 258 g/mol. The molecule has 0 spiro atoms. The van der Waals surface area contributed by atoms with E-state index in [4.69, 9.17) is 5.11 Å². The fraction of sp³-hybridized carbons (Fsp3) is 0.583. The highest BCUT2D eigenvalue weighted by Crippen LogP contribution is 2.26. The van der Waals surface area contributed by atoms with Gasteiger partial charge in [-0.25, -0.2) is 8.78 Å². The van der Waals surface area contributed by atoms with Gasteiger partial charge in [0, 0.05) is 12.7 Å². The second kappa shape index (κ2) is 5.48. The highest BCUT2D eigenvalue weighted by Gasteiger charge is 2.27. The number of hydrogen-bond donors (Lipinski definition) is 2. The third kappa shape index (κ3) is 3.07. The summed E-state index contributed by atoms with van der Waals surface area (Å²) >= 11 is 0. The molecule has 1 aromatic rings. The molecule has 1 saturated carbocycles. The summed E-state index contributed by atoms with van der Waals surface area (Å²) in [5.41, 5.74) is 0.246. The number of amides is 1. The van der Waals surface area contributed by atoms with E-state index in [2.05, 4.69) is 5.32 Å². The number of hydrogen-bond acceptors (Lipinski definition) is 2. The topological polar surface area (TPSA) is 54.3 Å². The smallest absolute Gasteiger partial charge is 0.267 e. The van der Waals surface area contributed by atoms with E-state index >= 15 is 0 Å². The number of nitrogens with zero attached hydrogens (tertiary/aromatic N) is 1. The summed E-state index contributed by atoms with van der Waals surface area (Å²) in [6.07, 6.45) is 0.116. The maximum atomic E-state index is 12.3. The monoisotopic (exact) mass is 258 g/mol. The average Bonchev–Trinajstić information content (AvgIpc) is 2.69. The van der Waals surface area contributed by atoms with Gasteiger partial charge in [0.2, 0.25) is 0 Å². The summed E-state index contributed by atoms with van der Waals surface area (Å²) < 4.78 is 25.8. The number of aliphatic hydroxyl groups is 1. The summed E-state index contributed by atoms with van der Waals surface area (Å²) in [6.45, 7) is 0.00759. The minimum atomic E-state index is -2.48. The summed E-state index contributed by atoms with van der Waals surface area (Å²) in [5, 5.41) is 11.8. The molecule has 0 saturated heterocycles. The van der Waals surface area contributed by atoms with Gasteiger partial charge in [-0.3, -0.25) is 4.79 Å². The summed E-state index contributed by atoms with van der Waals surface area (Å²) in [7, 11) is 0. The molecule has 1 aromatic heterocycles. The van der Waals surface area contributed by atoms with Crippen molar-refractivity contribution in [2.75, 3.05) is 6.54 Å². The van der Waals surface area contributed by atoms with Crippen LogP contribution in [0.1, 0.15) is 23.3 Å². The number of rotatable bonds is 5. The maximum absolute atomic E-state index is 12.3. The van der Waals surface area contributed by atoms with Crippen molar-refractivity contribution in [3.8, 4) is 0 Å². The Morgan fingerprint density at radius 1 is 1.56 bits per heavy atom. The first-order valence-electron chi connectivity index (χ1n) is 5.96. The molecule has 1 aliphatic rings. The van der Waals surface area contributed by atoms with Crippen molar-refractivity contribution in [1.82, 2.24) is 9.88 Å². The SMILES string of the molecule is O=C(NCC1CC(O)C1)c1cccn1CC(F)F. The molecule has 1 heterocycles. The lowest BCUT2D eigenvalue weighted by molar-refractivity contribution is 0.0418. The number of aromatic nitrogens is 1. The second-order valence-corrected chi connectivity index (χ2v) is 4.64. The highest BCUT2D eigenvalue weighted by molar-refractivity contribution is 5.92. The largest absolute Gasteiger partial charge is 0.393 e. The van der Waals surface area contributed by atoms with Crippen LogP contribution in [0.2, 0.25) is 0 Å². The Kier molecular flexibility index (Phi) is 3.96. The zero-order valence-electron chi connectivity index (χ0n) is 9.85. The van der Waals surface area contributed by atoms with Crippen molar-refractivity contribution in [2.45, 2.75) is 31.9 Å². The predicted molar refractivity (Wildman–Crippen MR) is 61.5 cm³/mol. The molecule has 18 heavy (non-hydrogen) atoms. The van der Waals surface area contributed by atoms with Crippen molar-refractivity contribution in [2.24, 2.45) is 5.92 Å². The summed E-state index contributed by atoms with van der Waals surface area (Å²) in [4.78, 5) is 11.8. The Morgan fingerprint density at radius 2 is 2.28 bits per heavy atom. The Labute approximate surface area is 104 Å². The van der Waals surface area contributed by atoms with Gasteiger partial charge in [-0.1, -0.05) is 0 Å². The first-order valence-corrected chi connectivity index (χ1v) is 5.96. The molecule has 6 heteroatoms. The van der Waals surface area contributed by atoms with E-state index in [-0.39, 0.29) is 17.7 Å². The predicted octanol–water partition coefficient (Wildman–Crippen LogP) is 1.25. The quantitative estimate of drug-likeness (QED) is 0.835. The molecule has 0 unspecified atom stereocenters. The van der Waals surface area contributed by atoms with Crippen LogP contribution >= 0.6 is 0 Å². The van der Waals surface area contributed by atoms with E-state index in [0.29, 0.717) is 25.3 Å². The third-order valence-electron chi connectivity index (χ3n) is 3.16. The Bertz CT molecular complexity index is 414. The van der Waals surface area contributed by atoms with Gasteiger partial charge in [0.15, 0.2) is 0 Å². The van der Waals surface area contributed by atoms with E-state index < -0.39 is 13.0 Å². The molecule has 0 radical (unpaired) electrons. The molecular weight excluding hydrogens is 242 g/mol. The molecule has 0 atom stereocenters. The Hall–Kier alpha value is -1.43. The normalized spacial score (nSPS) is 22.9. The first-order chi connectivity index (χ1) is 8.56. The lowest BCUT2D eigenvalue weighted by Crippen LogP contribution is -2.39. The van der Waals surface area contributed by atoms with Crippen molar-refractivity contribution in [3.05, 3.63) is 24.0 Å². The molecule has 100 valence electrons. The van der Waals surface area contributed by atoms with Crippen LogP contribution in [0.5, 0.6) is 0 Å². The standard InChI is InChI=1S/C12H16F2N2O2/c13-11(14)7-16-3-1-2-10(16)12(18)15-6-8-4-9(17)5-8/h1-3,8-9,11,17H,4-7H2,(H,15,18). The fourth-order valence-corrected chi connectivity index (χ4v) is 2.12. The van der Waals surface area contributed by atoms with E-state index in [0.717, 1.165) is 0 Å². The maximum Gasteiger partial charge on any atom is 0.267 e. The minimum absolute atomic E-state index is 0.246. The molecule has 2 N–H and O–H groups in total. The number of carbonyl (C=O) groups excluding carboxylic acids is 1. The Balaban J connectivity index is 1.86. The van der Waals surface area contributed by atoms with Gasteiger partial charge in [-0.15, -0.1) is 0 Å². The number of carbonyl (C=O) groups is 1. The van der Waals surface area contributed by atoms with Crippen LogP contribution in [0.15, 0.2) is 18.3 Å². The van der Waals surface area contributed by atoms with Gasteiger partial charge in [-0.2, -0.15) is 0 Å². The van der Waals surface area contributed by atoms with Gasteiger partial charge < -0.3 is 15.0 Å². The lowest BCUT2D eigenvalue weighted by atomic mass is 9.82. The van der Waals surface area contributed by atoms with Crippen LogP contribution in [0.25, 0.3) is 0 Å². The van der Waals surface area contributed by atoms with Crippen LogP contribution in [-0.4, -0.2) is 34.7 Å². The number of alkyl halides is 2. The van der Waals surface area contributed by atoms with Gasteiger partial charge in [0.25, 0.3) is 12.3 Å². The molecule has 0 bridgehead atoms. The molecular formula is C12H16F2N2O2. The van der Waals surface area contributed by atoms with E-state index in [1.165, 1.54) is 16.8 Å². The van der Waals surface area contributed by atoms with E-state index in [9.17, 15) is 13.6 Å². The minimum Gasteiger partial charge on any atom is -0.393 e. The Morgan fingerprint density at radius 3 is 2.89 bits per heavy atom. The highest BCUT2D eigenvalue weighted by atomic mass is 19.3. The zero-order valence-corrected chi connectivity index (χ0v) is 9.85. The number of nitrogens with one attached hydrogen (secondary N) is 1. The summed E-state index contributed by atoms with van der Waals surface area (Å²) in [5.74, 6) is -0.0514. The van der Waals surface area contributed by atoms with Crippen LogP contribution in [0.4, 0.5) is 8.78 Å². The van der Waals surface area contributed by atoms with E-state index in [1.807, 2.05) is 0 Å². The van der Waals surface area contributed by atoms with Gasteiger partial charge in [-0.05, 0) is 30.9 Å². The van der Waals surface area contributed by atoms with Crippen LogP contribution < -0.4 is 5.32 Å². The van der Waals surface area contributed by atoms with Crippen LogP contribution in [0.3, 0.4) is 0 Å². The van der Waals surface area contributed by atoms with Gasteiger partial charge in [0.05, 0.1) is 12.6 Å². The van der Waals surface area contributed by atoms with Gasteiger partial charge in [0.1, 0.15) is 5.69 Å². The van der Waals surface area contributed by atoms with Crippen LogP contribution in [-0.2, 0) is 6.54 Å². The van der Waals surface area contributed by atoms with Crippen molar-refractivity contribution < 1.29 is 18.7 Å². The molecule has 4 nitrogen and oxygen atoms in total. The van der Waals surface area contributed by atoms with Crippen molar-refractivity contribution >= 4 is 5.91 Å². The zero-order chi connectivity index (χ0) is 13.1. The number of aliphatic hydroxyl groups excluding tert-OH is 1. The van der Waals surface area contributed by atoms with Crippen molar-refractivity contribution in [1.29, 1.82) is 0 Å². The third-order valence-corrected chi connectivity index (χ3v) is 3.16. The molecule has 1 fully saturated rings. The molecule has 2 rings (SSSR count). The summed E-state index contributed by atoms with van der Waals surface area (Å²) in [6, 6.07) is 3.09. The fourth-order valence-electron chi connectivity index (χ4n) is 2.12. The van der Waals surface area contributed by atoms with E-state index in [1.54, 1.807) is 6.07 Å². The second-order valence-electron chi connectivity index (χ2n) is 4.64. The molecule has 1 amide bonds. The first kappa shape index (κ1) is 13.0. The van der Waals surface area contributed by atoms with Crippen LogP contribution in [0, 0.1) is 5.92 Å². The molecule has 1 aliphatic carbocycles.